The molecule has 0 saturated carbocycles. The number of ether oxygens (including phenoxy) is 1. The number of rotatable bonds is 6. The summed E-state index contributed by atoms with van der Waals surface area (Å²) in [6.45, 7) is 8.30. The SMILES string of the molecule is CCOc1cc(N(CC)CC)ccc1C=C1C(=O)NC(=S)NC1=O. The molecule has 24 heavy (non-hydrogen) atoms. The summed E-state index contributed by atoms with van der Waals surface area (Å²) in [6, 6.07) is 5.72. The molecule has 2 amide bonds. The zero-order valence-corrected chi connectivity index (χ0v) is 14.8. The van der Waals surface area contributed by atoms with Crippen molar-refractivity contribution in [2.45, 2.75) is 20.8 Å². The maximum Gasteiger partial charge on any atom is 0.263 e. The molecule has 7 heteroatoms. The highest BCUT2D eigenvalue weighted by molar-refractivity contribution is 7.80. The van der Waals surface area contributed by atoms with Gasteiger partial charge in [0.1, 0.15) is 11.3 Å². The first kappa shape index (κ1) is 17.9. The highest BCUT2D eigenvalue weighted by Crippen LogP contribution is 2.28. The van der Waals surface area contributed by atoms with E-state index in [9.17, 15) is 9.59 Å². The Morgan fingerprint density at radius 2 is 1.75 bits per heavy atom. The molecule has 128 valence electrons. The Morgan fingerprint density at radius 3 is 2.29 bits per heavy atom. The highest BCUT2D eigenvalue weighted by atomic mass is 32.1. The molecule has 1 aromatic rings. The van der Waals surface area contributed by atoms with E-state index in [-0.39, 0.29) is 10.7 Å². The predicted octanol–water partition coefficient (Wildman–Crippen LogP) is 1.85. The molecule has 0 radical (unpaired) electrons. The number of hydrogen-bond donors (Lipinski definition) is 2. The van der Waals surface area contributed by atoms with E-state index in [1.54, 1.807) is 0 Å². The number of amides is 2. The van der Waals surface area contributed by atoms with Crippen LogP contribution >= 0.6 is 12.2 Å². The number of carbonyl (C=O) groups excluding carboxylic acids is 2. The summed E-state index contributed by atoms with van der Waals surface area (Å²) in [5.74, 6) is -0.402. The third-order valence-electron chi connectivity index (χ3n) is 3.67. The summed E-state index contributed by atoms with van der Waals surface area (Å²) >= 11 is 4.80. The first-order valence-electron chi connectivity index (χ1n) is 7.90. The Bertz CT molecular complexity index is 674. The third kappa shape index (κ3) is 3.91. The van der Waals surface area contributed by atoms with Gasteiger partial charge in [-0.15, -0.1) is 0 Å². The van der Waals surface area contributed by atoms with Gasteiger partial charge < -0.3 is 9.64 Å². The Hall–Kier alpha value is -2.41. The first-order valence-corrected chi connectivity index (χ1v) is 8.31. The van der Waals surface area contributed by atoms with Crippen LogP contribution in [0.25, 0.3) is 6.08 Å². The number of benzene rings is 1. The summed E-state index contributed by atoms with van der Waals surface area (Å²) in [6.07, 6.45) is 1.52. The molecule has 1 fully saturated rings. The maximum atomic E-state index is 12.0. The number of thiocarbonyl (C=S) groups is 1. The lowest BCUT2D eigenvalue weighted by Gasteiger charge is -2.22. The monoisotopic (exact) mass is 347 g/mol. The lowest BCUT2D eigenvalue weighted by Crippen LogP contribution is -2.51. The number of nitrogens with zero attached hydrogens (tertiary/aromatic N) is 1. The zero-order valence-electron chi connectivity index (χ0n) is 14.0. The van der Waals surface area contributed by atoms with Gasteiger partial charge in [0.05, 0.1) is 6.61 Å². The minimum absolute atomic E-state index is 0.000132. The average molecular weight is 347 g/mol. The molecule has 2 N–H and O–H groups in total. The van der Waals surface area contributed by atoms with E-state index in [0.717, 1.165) is 18.8 Å². The molecular formula is C17H21N3O3S. The van der Waals surface area contributed by atoms with Crippen molar-refractivity contribution in [3.8, 4) is 5.75 Å². The van der Waals surface area contributed by atoms with Crippen molar-refractivity contribution in [2.75, 3.05) is 24.6 Å². The first-order chi connectivity index (χ1) is 11.5. The van der Waals surface area contributed by atoms with Gasteiger partial charge in [0, 0.05) is 30.4 Å². The predicted molar refractivity (Wildman–Crippen MR) is 98.0 cm³/mol. The fourth-order valence-electron chi connectivity index (χ4n) is 2.47. The van der Waals surface area contributed by atoms with Crippen LogP contribution in [0, 0.1) is 0 Å². The van der Waals surface area contributed by atoms with Crippen LogP contribution in [0.15, 0.2) is 23.8 Å². The zero-order chi connectivity index (χ0) is 17.7. The van der Waals surface area contributed by atoms with E-state index in [1.165, 1.54) is 6.08 Å². The van der Waals surface area contributed by atoms with Gasteiger partial charge in [-0.25, -0.2) is 0 Å². The van der Waals surface area contributed by atoms with Crippen molar-refractivity contribution in [3.63, 3.8) is 0 Å². The summed E-state index contributed by atoms with van der Waals surface area (Å²) in [4.78, 5) is 26.2. The molecule has 1 heterocycles. The molecule has 2 rings (SSSR count). The normalized spacial score (nSPS) is 14.1. The Balaban J connectivity index is 2.42. The second-order valence-electron chi connectivity index (χ2n) is 5.12. The maximum absolute atomic E-state index is 12.0. The molecule has 1 aromatic carbocycles. The lowest BCUT2D eigenvalue weighted by molar-refractivity contribution is -0.123. The second kappa shape index (κ2) is 7.92. The van der Waals surface area contributed by atoms with E-state index in [0.29, 0.717) is 17.9 Å². The van der Waals surface area contributed by atoms with Crippen molar-refractivity contribution in [3.05, 3.63) is 29.3 Å². The number of carbonyl (C=O) groups is 2. The van der Waals surface area contributed by atoms with Crippen molar-refractivity contribution >= 4 is 40.9 Å². The van der Waals surface area contributed by atoms with Gasteiger partial charge in [0.15, 0.2) is 5.11 Å². The van der Waals surface area contributed by atoms with Crippen molar-refractivity contribution < 1.29 is 14.3 Å². The standard InChI is InChI=1S/C17H21N3O3S/c1-4-20(5-2)12-8-7-11(14(10-12)23-6-3)9-13-15(21)18-17(24)19-16(13)22/h7-10H,4-6H2,1-3H3,(H2,18,19,21,22,24). The van der Waals surface area contributed by atoms with Crippen LogP contribution in [0.1, 0.15) is 26.3 Å². The van der Waals surface area contributed by atoms with Crippen LogP contribution in [0.2, 0.25) is 0 Å². The molecular weight excluding hydrogens is 326 g/mol. The number of nitrogens with one attached hydrogen (secondary N) is 2. The lowest BCUT2D eigenvalue weighted by atomic mass is 10.1. The summed E-state index contributed by atoms with van der Waals surface area (Å²) < 4.78 is 5.69. The van der Waals surface area contributed by atoms with Gasteiger partial charge in [0.2, 0.25) is 0 Å². The summed E-state index contributed by atoms with van der Waals surface area (Å²) in [7, 11) is 0. The molecule has 0 unspecified atom stereocenters. The molecule has 0 bridgehead atoms. The Morgan fingerprint density at radius 1 is 1.12 bits per heavy atom. The molecule has 1 aliphatic rings. The number of anilines is 1. The smallest absolute Gasteiger partial charge is 0.263 e. The molecule has 0 spiro atoms. The average Bonchev–Trinajstić information content (AvgIpc) is 2.54. The fraction of sp³-hybridized carbons (Fsp3) is 0.353. The van der Waals surface area contributed by atoms with Crippen LogP contribution in [0.3, 0.4) is 0 Å². The van der Waals surface area contributed by atoms with E-state index in [2.05, 4.69) is 29.4 Å². The fourth-order valence-corrected chi connectivity index (χ4v) is 2.66. The second-order valence-corrected chi connectivity index (χ2v) is 5.53. The van der Waals surface area contributed by atoms with Crippen LogP contribution in [0.4, 0.5) is 5.69 Å². The largest absolute Gasteiger partial charge is 0.493 e. The van der Waals surface area contributed by atoms with Gasteiger partial charge in [0.25, 0.3) is 11.8 Å². The van der Waals surface area contributed by atoms with Crippen molar-refractivity contribution in [2.24, 2.45) is 0 Å². The van der Waals surface area contributed by atoms with E-state index < -0.39 is 11.8 Å². The quantitative estimate of drug-likeness (QED) is 0.467. The summed E-state index contributed by atoms with van der Waals surface area (Å²) in [5.41, 5.74) is 1.70. The molecule has 1 saturated heterocycles. The van der Waals surface area contributed by atoms with Crippen molar-refractivity contribution in [1.82, 2.24) is 10.6 Å². The van der Waals surface area contributed by atoms with E-state index in [4.69, 9.17) is 17.0 Å². The van der Waals surface area contributed by atoms with Gasteiger partial charge >= 0.3 is 0 Å². The van der Waals surface area contributed by atoms with Crippen LogP contribution < -0.4 is 20.3 Å². The van der Waals surface area contributed by atoms with Crippen LogP contribution in [0.5, 0.6) is 5.75 Å². The number of hydrogen-bond acceptors (Lipinski definition) is 5. The minimum Gasteiger partial charge on any atom is -0.493 e. The van der Waals surface area contributed by atoms with E-state index >= 15 is 0 Å². The summed E-state index contributed by atoms with van der Waals surface area (Å²) in [5, 5.41) is 4.86. The van der Waals surface area contributed by atoms with E-state index in [1.807, 2.05) is 25.1 Å². The van der Waals surface area contributed by atoms with Crippen LogP contribution in [-0.4, -0.2) is 36.6 Å². The topological polar surface area (TPSA) is 70.7 Å². The Kier molecular flexibility index (Phi) is 5.92. The molecule has 6 nitrogen and oxygen atoms in total. The molecule has 0 aliphatic carbocycles. The van der Waals surface area contributed by atoms with Gasteiger partial charge in [-0.2, -0.15) is 0 Å². The Labute approximate surface area is 146 Å². The minimum atomic E-state index is -0.515. The third-order valence-corrected chi connectivity index (χ3v) is 3.87. The van der Waals surface area contributed by atoms with Crippen molar-refractivity contribution in [1.29, 1.82) is 0 Å². The molecule has 0 atom stereocenters. The van der Waals surface area contributed by atoms with Gasteiger partial charge in [-0.05, 0) is 51.2 Å². The molecule has 1 aliphatic heterocycles. The van der Waals surface area contributed by atoms with Crippen LogP contribution in [-0.2, 0) is 9.59 Å². The van der Waals surface area contributed by atoms with Gasteiger partial charge in [-0.3, -0.25) is 20.2 Å². The molecule has 0 aromatic heterocycles. The van der Waals surface area contributed by atoms with Gasteiger partial charge in [-0.1, -0.05) is 0 Å². The highest BCUT2D eigenvalue weighted by Gasteiger charge is 2.26.